The van der Waals surface area contributed by atoms with Crippen LogP contribution in [0.3, 0.4) is 0 Å². The number of ether oxygens (including phenoxy) is 7. The molecule has 1 aliphatic heterocycles. The van der Waals surface area contributed by atoms with E-state index in [1.54, 1.807) is 20.8 Å². The average molecular weight is 821 g/mol. The molecule has 1 saturated heterocycles. The summed E-state index contributed by atoms with van der Waals surface area (Å²) in [4.78, 5) is 25.6. The molecule has 5 aromatic carbocycles. The lowest BCUT2D eigenvalue weighted by atomic mass is 9.89. The van der Waals surface area contributed by atoms with Gasteiger partial charge in [-0.2, -0.15) is 0 Å². The Labute approximate surface area is 352 Å². The first kappa shape index (κ1) is 43.5. The fourth-order valence-corrected chi connectivity index (χ4v) is 6.93. The summed E-state index contributed by atoms with van der Waals surface area (Å²) in [5, 5.41) is 0.608. The highest BCUT2D eigenvalue weighted by molar-refractivity contribution is 6.31. The quantitative estimate of drug-likeness (QED) is 0.0801. The molecule has 0 radical (unpaired) electrons. The van der Waals surface area contributed by atoms with Gasteiger partial charge in [-0.05, 0) is 85.7 Å². The van der Waals surface area contributed by atoms with Crippen molar-refractivity contribution in [2.45, 2.75) is 84.5 Å². The van der Waals surface area contributed by atoms with E-state index in [1.807, 2.05) is 140 Å². The Hall–Kier alpha value is -5.03. The predicted octanol–water partition coefficient (Wildman–Crippen LogP) is 9.66. The summed E-state index contributed by atoms with van der Waals surface area (Å²) in [5.74, 6) is -0.420. The SMILES string of the molecule is CCOc1ccc(Cc2cc([C@@H]3O[C@H](COC(=O)COC(=O)C(C)(C)C)[C@@H](OCc4ccccc4)[C@H](OCc4ccccc4)[C@H]3OCc3ccccc3)ccc2Cl)cc1. The van der Waals surface area contributed by atoms with E-state index in [1.165, 1.54) is 0 Å². The molecule has 6 rings (SSSR count). The van der Waals surface area contributed by atoms with Gasteiger partial charge in [-0.1, -0.05) is 127 Å². The Bertz CT molecular complexity index is 2050. The van der Waals surface area contributed by atoms with Gasteiger partial charge in [0.25, 0.3) is 0 Å². The van der Waals surface area contributed by atoms with Crippen LogP contribution in [0.2, 0.25) is 5.02 Å². The third kappa shape index (κ3) is 12.7. The monoisotopic (exact) mass is 820 g/mol. The van der Waals surface area contributed by atoms with Crippen molar-refractivity contribution in [1.82, 2.24) is 0 Å². The largest absolute Gasteiger partial charge is 0.494 e. The summed E-state index contributed by atoms with van der Waals surface area (Å²) in [6, 6.07) is 43.4. The summed E-state index contributed by atoms with van der Waals surface area (Å²) in [6.07, 6.45) is -3.15. The maximum Gasteiger partial charge on any atom is 0.344 e. The molecule has 0 amide bonds. The van der Waals surface area contributed by atoms with Crippen molar-refractivity contribution < 1.29 is 42.7 Å². The standard InChI is InChI=1S/C49H53ClO9/c1-5-53-40-24-21-34(22-25-40)27-39-28-38(23-26-41(39)50)44-46(56-30-36-17-11-7-12-18-36)47(57-31-37-19-13-8-14-20-37)45(55-29-35-15-9-6-10-16-35)42(59-44)32-54-43(51)33-58-48(52)49(2,3)4/h6-26,28,42,44-47H,5,27,29-33H2,1-4H3/t42-,44+,45-,46+,47+/m1/s1. The number of esters is 2. The van der Waals surface area contributed by atoms with Crippen LogP contribution < -0.4 is 4.74 Å². The zero-order valence-corrected chi connectivity index (χ0v) is 34.8. The third-order valence-corrected chi connectivity index (χ3v) is 10.2. The molecule has 1 aliphatic rings. The fraction of sp³-hybridized carbons (Fsp3) is 0.347. The molecule has 0 aromatic heterocycles. The molecule has 0 bridgehead atoms. The second-order valence-electron chi connectivity index (χ2n) is 15.5. The first-order chi connectivity index (χ1) is 28.6. The number of hydrogen-bond donors (Lipinski definition) is 0. The molecule has 9 nitrogen and oxygen atoms in total. The topological polar surface area (TPSA) is 98.8 Å². The maximum atomic E-state index is 13.1. The Morgan fingerprint density at radius 2 is 1.19 bits per heavy atom. The highest BCUT2D eigenvalue weighted by Crippen LogP contribution is 2.40. The summed E-state index contributed by atoms with van der Waals surface area (Å²) in [7, 11) is 0. The average Bonchev–Trinajstić information content (AvgIpc) is 3.25. The van der Waals surface area contributed by atoms with Gasteiger partial charge in [0.1, 0.15) is 42.9 Å². The first-order valence-corrected chi connectivity index (χ1v) is 20.4. The van der Waals surface area contributed by atoms with Crippen molar-refractivity contribution in [2.75, 3.05) is 19.8 Å². The third-order valence-electron chi connectivity index (χ3n) is 9.86. The van der Waals surface area contributed by atoms with E-state index in [4.69, 9.17) is 44.8 Å². The van der Waals surface area contributed by atoms with E-state index < -0.39 is 54.5 Å². The van der Waals surface area contributed by atoms with Crippen molar-refractivity contribution in [1.29, 1.82) is 0 Å². The zero-order valence-electron chi connectivity index (χ0n) is 34.1. The number of carbonyl (C=O) groups is 2. The number of carbonyl (C=O) groups excluding carboxylic acids is 2. The summed E-state index contributed by atoms with van der Waals surface area (Å²) in [5.41, 5.74) is 4.86. The van der Waals surface area contributed by atoms with Crippen molar-refractivity contribution in [2.24, 2.45) is 5.41 Å². The first-order valence-electron chi connectivity index (χ1n) is 20.0. The van der Waals surface area contributed by atoms with Crippen molar-refractivity contribution in [3.05, 3.63) is 172 Å². The van der Waals surface area contributed by atoms with Crippen LogP contribution in [-0.2, 0) is 64.3 Å². The van der Waals surface area contributed by atoms with Gasteiger partial charge in [0, 0.05) is 5.02 Å². The van der Waals surface area contributed by atoms with Gasteiger partial charge in [0.05, 0.1) is 31.8 Å². The van der Waals surface area contributed by atoms with Crippen LogP contribution in [0.15, 0.2) is 133 Å². The molecule has 0 saturated carbocycles. The highest BCUT2D eigenvalue weighted by atomic mass is 35.5. The van der Waals surface area contributed by atoms with Crippen LogP contribution in [-0.4, -0.2) is 56.2 Å². The zero-order chi connectivity index (χ0) is 41.6. The van der Waals surface area contributed by atoms with Crippen LogP contribution in [0.4, 0.5) is 0 Å². The highest BCUT2D eigenvalue weighted by Gasteiger charge is 2.49. The molecule has 1 heterocycles. The fourth-order valence-electron chi connectivity index (χ4n) is 6.75. The molecular formula is C49H53ClO9. The van der Waals surface area contributed by atoms with Crippen LogP contribution in [0.1, 0.15) is 67.2 Å². The van der Waals surface area contributed by atoms with Crippen LogP contribution in [0.25, 0.3) is 0 Å². The molecule has 59 heavy (non-hydrogen) atoms. The van der Waals surface area contributed by atoms with E-state index in [0.717, 1.165) is 39.1 Å². The van der Waals surface area contributed by atoms with Gasteiger partial charge in [-0.3, -0.25) is 4.79 Å². The van der Waals surface area contributed by atoms with Crippen molar-refractivity contribution in [3.63, 3.8) is 0 Å². The van der Waals surface area contributed by atoms with E-state index in [-0.39, 0.29) is 26.4 Å². The van der Waals surface area contributed by atoms with Crippen molar-refractivity contribution in [3.8, 4) is 5.75 Å². The summed E-state index contributed by atoms with van der Waals surface area (Å²) >= 11 is 6.87. The van der Waals surface area contributed by atoms with Gasteiger partial charge >= 0.3 is 11.9 Å². The van der Waals surface area contributed by atoms with E-state index >= 15 is 0 Å². The lowest BCUT2D eigenvalue weighted by Crippen LogP contribution is -2.58. The minimum Gasteiger partial charge on any atom is -0.494 e. The number of benzene rings is 5. The smallest absolute Gasteiger partial charge is 0.344 e. The molecule has 0 unspecified atom stereocenters. The lowest BCUT2D eigenvalue weighted by molar-refractivity contribution is -0.273. The molecule has 0 aliphatic carbocycles. The van der Waals surface area contributed by atoms with Crippen LogP contribution in [0, 0.1) is 5.41 Å². The molecule has 5 aromatic rings. The van der Waals surface area contributed by atoms with Gasteiger partial charge in [-0.25, -0.2) is 4.79 Å². The normalized spacial score (nSPS) is 19.2. The number of rotatable bonds is 18. The van der Waals surface area contributed by atoms with Crippen LogP contribution in [0.5, 0.6) is 5.75 Å². The Balaban J connectivity index is 1.37. The second-order valence-corrected chi connectivity index (χ2v) is 15.9. The predicted molar refractivity (Wildman–Crippen MR) is 226 cm³/mol. The van der Waals surface area contributed by atoms with E-state index in [9.17, 15) is 9.59 Å². The molecule has 5 atom stereocenters. The van der Waals surface area contributed by atoms with Crippen molar-refractivity contribution >= 4 is 23.5 Å². The second kappa shape index (κ2) is 21.3. The Morgan fingerprint density at radius 3 is 1.73 bits per heavy atom. The molecule has 1 fully saturated rings. The molecule has 10 heteroatoms. The maximum absolute atomic E-state index is 13.1. The van der Waals surface area contributed by atoms with E-state index in [2.05, 4.69) is 0 Å². The molecule has 0 spiro atoms. The number of hydrogen-bond acceptors (Lipinski definition) is 9. The molecule has 310 valence electrons. The number of halogens is 1. The van der Waals surface area contributed by atoms with Gasteiger partial charge in [-0.15, -0.1) is 0 Å². The minimum atomic E-state index is -0.825. The van der Waals surface area contributed by atoms with Gasteiger partial charge < -0.3 is 33.2 Å². The lowest BCUT2D eigenvalue weighted by Gasteiger charge is -2.46. The van der Waals surface area contributed by atoms with Crippen LogP contribution >= 0.6 is 11.6 Å². The minimum absolute atomic E-state index is 0.203. The Morgan fingerprint density at radius 1 is 0.644 bits per heavy atom. The summed E-state index contributed by atoms with van der Waals surface area (Å²) < 4.78 is 44.2. The molecular weight excluding hydrogens is 768 g/mol. The molecule has 0 N–H and O–H groups in total. The summed E-state index contributed by atoms with van der Waals surface area (Å²) in [6.45, 7) is 7.72. The Kier molecular flexibility index (Phi) is 15.7. The van der Waals surface area contributed by atoms with Gasteiger partial charge in [0.2, 0.25) is 0 Å². The van der Waals surface area contributed by atoms with Gasteiger partial charge in [0.15, 0.2) is 6.61 Å². The van der Waals surface area contributed by atoms with E-state index in [0.29, 0.717) is 18.1 Å².